The van der Waals surface area contributed by atoms with E-state index in [0.29, 0.717) is 5.92 Å². The molecule has 1 aliphatic carbocycles. The molecule has 0 aliphatic heterocycles. The summed E-state index contributed by atoms with van der Waals surface area (Å²) in [6, 6.07) is -0.0773. The van der Waals surface area contributed by atoms with Gasteiger partial charge in [0.1, 0.15) is 0 Å². The smallest absolute Gasteiger partial charge is 0.226 e. The summed E-state index contributed by atoms with van der Waals surface area (Å²) in [5.41, 5.74) is -0.148. The largest absolute Gasteiger partial charge is 0.394 e. The molecule has 1 saturated carbocycles. The fourth-order valence-electron chi connectivity index (χ4n) is 2.88. The minimum absolute atomic E-state index is 0.0454. The summed E-state index contributed by atoms with van der Waals surface area (Å²) in [4.78, 5) is 12.3. The Morgan fingerprint density at radius 3 is 2.35 bits per heavy atom. The molecule has 0 aromatic rings. The molecule has 3 heteroatoms. The van der Waals surface area contributed by atoms with E-state index in [1.807, 2.05) is 0 Å². The number of rotatable bonds is 6. The number of carbonyl (C=O) groups excluding carboxylic acids is 1. The molecular formula is C14H27NO2. The van der Waals surface area contributed by atoms with E-state index in [4.69, 9.17) is 0 Å². The quantitative estimate of drug-likeness (QED) is 0.750. The van der Waals surface area contributed by atoms with E-state index in [9.17, 15) is 9.90 Å². The van der Waals surface area contributed by atoms with Crippen LogP contribution in [0, 0.1) is 11.3 Å². The summed E-state index contributed by atoms with van der Waals surface area (Å²) >= 11 is 0. The lowest BCUT2D eigenvalue weighted by molar-refractivity contribution is -0.132. The SMILES string of the molecule is CCC1(C(=O)NC(CO)CC(C)C)CCCC1. The van der Waals surface area contributed by atoms with Crippen molar-refractivity contribution in [3.8, 4) is 0 Å². The van der Waals surface area contributed by atoms with E-state index < -0.39 is 0 Å². The van der Waals surface area contributed by atoms with Crippen LogP contribution in [0.15, 0.2) is 0 Å². The Labute approximate surface area is 105 Å². The summed E-state index contributed by atoms with van der Waals surface area (Å²) in [6.07, 6.45) is 6.11. The third-order valence-electron chi connectivity index (χ3n) is 4.03. The molecule has 1 unspecified atom stereocenters. The van der Waals surface area contributed by atoms with E-state index in [0.717, 1.165) is 38.5 Å². The number of nitrogens with one attached hydrogen (secondary N) is 1. The molecule has 1 fully saturated rings. The van der Waals surface area contributed by atoms with Crippen LogP contribution >= 0.6 is 0 Å². The average molecular weight is 241 g/mol. The summed E-state index contributed by atoms with van der Waals surface area (Å²) < 4.78 is 0. The van der Waals surface area contributed by atoms with Crippen molar-refractivity contribution in [2.45, 2.75) is 65.3 Å². The molecule has 1 amide bonds. The van der Waals surface area contributed by atoms with Crippen LogP contribution in [0.4, 0.5) is 0 Å². The van der Waals surface area contributed by atoms with Crippen LogP contribution in [0.5, 0.6) is 0 Å². The van der Waals surface area contributed by atoms with E-state index in [-0.39, 0.29) is 24.0 Å². The normalized spacial score (nSPS) is 20.5. The maximum absolute atomic E-state index is 12.3. The zero-order valence-corrected chi connectivity index (χ0v) is 11.5. The molecule has 1 rings (SSSR count). The van der Waals surface area contributed by atoms with E-state index in [1.54, 1.807) is 0 Å². The van der Waals surface area contributed by atoms with Crippen LogP contribution in [-0.4, -0.2) is 23.7 Å². The molecular weight excluding hydrogens is 214 g/mol. The molecule has 0 aromatic carbocycles. The van der Waals surface area contributed by atoms with Gasteiger partial charge in [-0.05, 0) is 31.6 Å². The van der Waals surface area contributed by atoms with Crippen LogP contribution in [-0.2, 0) is 4.79 Å². The lowest BCUT2D eigenvalue weighted by Gasteiger charge is -2.29. The number of carbonyl (C=O) groups is 1. The summed E-state index contributed by atoms with van der Waals surface area (Å²) in [6.45, 7) is 6.37. The lowest BCUT2D eigenvalue weighted by Crippen LogP contribution is -2.46. The fraction of sp³-hybridized carbons (Fsp3) is 0.929. The van der Waals surface area contributed by atoms with Crippen molar-refractivity contribution in [1.29, 1.82) is 0 Å². The zero-order valence-electron chi connectivity index (χ0n) is 11.5. The van der Waals surface area contributed by atoms with E-state index in [2.05, 4.69) is 26.1 Å². The van der Waals surface area contributed by atoms with Gasteiger partial charge in [-0.1, -0.05) is 33.6 Å². The number of hydrogen-bond donors (Lipinski definition) is 2. The highest BCUT2D eigenvalue weighted by atomic mass is 16.3. The van der Waals surface area contributed by atoms with Crippen LogP contribution in [0.1, 0.15) is 59.3 Å². The number of aliphatic hydroxyl groups excluding tert-OH is 1. The molecule has 17 heavy (non-hydrogen) atoms. The molecule has 0 bridgehead atoms. The Balaban J connectivity index is 2.56. The average Bonchev–Trinajstić information content (AvgIpc) is 2.77. The van der Waals surface area contributed by atoms with Crippen molar-refractivity contribution in [2.24, 2.45) is 11.3 Å². The number of hydrogen-bond acceptors (Lipinski definition) is 2. The molecule has 0 spiro atoms. The van der Waals surface area contributed by atoms with Gasteiger partial charge in [-0.3, -0.25) is 4.79 Å². The Bertz CT molecular complexity index is 245. The van der Waals surface area contributed by atoms with Gasteiger partial charge in [0.25, 0.3) is 0 Å². The second-order valence-electron chi connectivity index (χ2n) is 5.82. The first kappa shape index (κ1) is 14.5. The van der Waals surface area contributed by atoms with Gasteiger partial charge in [-0.15, -0.1) is 0 Å². The van der Waals surface area contributed by atoms with Crippen LogP contribution in [0.3, 0.4) is 0 Å². The van der Waals surface area contributed by atoms with Gasteiger partial charge in [0.05, 0.1) is 12.6 Å². The Morgan fingerprint density at radius 2 is 1.94 bits per heavy atom. The zero-order chi connectivity index (χ0) is 12.9. The first-order valence-electron chi connectivity index (χ1n) is 6.96. The van der Waals surface area contributed by atoms with Crippen LogP contribution < -0.4 is 5.32 Å². The first-order chi connectivity index (χ1) is 8.04. The molecule has 0 heterocycles. The van der Waals surface area contributed by atoms with Crippen molar-refractivity contribution in [3.63, 3.8) is 0 Å². The molecule has 3 nitrogen and oxygen atoms in total. The Hall–Kier alpha value is -0.570. The van der Waals surface area contributed by atoms with E-state index in [1.165, 1.54) is 0 Å². The minimum atomic E-state index is -0.148. The predicted molar refractivity (Wildman–Crippen MR) is 69.7 cm³/mol. The molecule has 0 radical (unpaired) electrons. The van der Waals surface area contributed by atoms with Gasteiger partial charge in [0, 0.05) is 5.41 Å². The van der Waals surface area contributed by atoms with Crippen LogP contribution in [0.2, 0.25) is 0 Å². The number of amides is 1. The summed E-state index contributed by atoms with van der Waals surface area (Å²) in [5, 5.41) is 12.4. The van der Waals surface area contributed by atoms with Gasteiger partial charge in [0.2, 0.25) is 5.91 Å². The van der Waals surface area contributed by atoms with Crippen molar-refractivity contribution in [3.05, 3.63) is 0 Å². The summed E-state index contributed by atoms with van der Waals surface area (Å²) in [5.74, 6) is 0.658. The third kappa shape index (κ3) is 3.70. The minimum Gasteiger partial charge on any atom is -0.394 e. The monoisotopic (exact) mass is 241 g/mol. The van der Waals surface area contributed by atoms with Gasteiger partial charge in [-0.2, -0.15) is 0 Å². The van der Waals surface area contributed by atoms with E-state index >= 15 is 0 Å². The number of aliphatic hydroxyl groups is 1. The van der Waals surface area contributed by atoms with Gasteiger partial charge < -0.3 is 10.4 Å². The summed E-state index contributed by atoms with van der Waals surface area (Å²) in [7, 11) is 0. The highest BCUT2D eigenvalue weighted by Crippen LogP contribution is 2.41. The molecule has 0 saturated heterocycles. The lowest BCUT2D eigenvalue weighted by atomic mass is 9.82. The van der Waals surface area contributed by atoms with Crippen molar-refractivity contribution in [2.75, 3.05) is 6.61 Å². The Morgan fingerprint density at radius 1 is 1.35 bits per heavy atom. The molecule has 2 N–H and O–H groups in total. The topological polar surface area (TPSA) is 49.3 Å². The molecule has 0 aromatic heterocycles. The second-order valence-corrected chi connectivity index (χ2v) is 5.82. The van der Waals surface area contributed by atoms with Crippen molar-refractivity contribution < 1.29 is 9.90 Å². The van der Waals surface area contributed by atoms with Crippen molar-refractivity contribution in [1.82, 2.24) is 5.32 Å². The standard InChI is InChI=1S/C14H27NO2/c1-4-14(7-5-6-8-14)13(17)15-12(10-16)9-11(2)3/h11-12,16H,4-10H2,1-3H3,(H,15,17). The highest BCUT2D eigenvalue weighted by Gasteiger charge is 2.39. The van der Waals surface area contributed by atoms with Crippen LogP contribution in [0.25, 0.3) is 0 Å². The molecule has 100 valence electrons. The first-order valence-corrected chi connectivity index (χ1v) is 6.96. The van der Waals surface area contributed by atoms with Gasteiger partial charge >= 0.3 is 0 Å². The maximum Gasteiger partial charge on any atom is 0.226 e. The van der Waals surface area contributed by atoms with Crippen molar-refractivity contribution >= 4 is 5.91 Å². The van der Waals surface area contributed by atoms with Gasteiger partial charge in [0.15, 0.2) is 0 Å². The maximum atomic E-state index is 12.3. The third-order valence-corrected chi connectivity index (χ3v) is 4.03. The molecule has 1 atom stereocenters. The predicted octanol–water partition coefficient (Wildman–Crippen LogP) is 2.48. The highest BCUT2D eigenvalue weighted by molar-refractivity contribution is 5.83. The fourth-order valence-corrected chi connectivity index (χ4v) is 2.88. The molecule has 1 aliphatic rings. The van der Waals surface area contributed by atoms with Gasteiger partial charge in [-0.25, -0.2) is 0 Å². The Kier molecular flexibility index (Phi) is 5.44. The second kappa shape index (κ2) is 6.39.